The number of carboxylic acids is 1. The Hall–Kier alpha value is -2.24. The molecule has 0 fully saturated rings. The smallest absolute Gasteiger partial charge is 0.323 e. The number of phenolic OH excluding ortho intramolecular Hbond substituents is 1. The number of aliphatic carboxylic acids is 1. The Bertz CT molecular complexity index is 463. The van der Waals surface area contributed by atoms with Crippen molar-refractivity contribution in [3.05, 3.63) is 24.3 Å². The van der Waals surface area contributed by atoms with Crippen LogP contribution in [0.5, 0.6) is 5.75 Å². The molecular formula is C13H18N2O4. The molecule has 19 heavy (non-hydrogen) atoms. The first kappa shape index (κ1) is 14.8. The van der Waals surface area contributed by atoms with Gasteiger partial charge in [-0.2, -0.15) is 0 Å². The Morgan fingerprint density at radius 3 is 2.16 bits per heavy atom. The zero-order valence-electron chi connectivity index (χ0n) is 11.2. The van der Waals surface area contributed by atoms with Crippen molar-refractivity contribution in [3.63, 3.8) is 0 Å². The quantitative estimate of drug-likeness (QED) is 0.778. The average Bonchev–Trinajstić information content (AvgIpc) is 2.24. The molecule has 0 heterocycles. The normalized spacial score (nSPS) is 10.9. The second kappa shape index (κ2) is 5.60. The summed E-state index contributed by atoms with van der Waals surface area (Å²) in [5.41, 5.74) is -0.0629. The summed E-state index contributed by atoms with van der Waals surface area (Å²) in [4.78, 5) is 24.0. The van der Waals surface area contributed by atoms with Gasteiger partial charge in [-0.25, -0.2) is 4.79 Å². The maximum atomic E-state index is 12.1. The summed E-state index contributed by atoms with van der Waals surface area (Å²) in [7, 11) is 0. The van der Waals surface area contributed by atoms with Gasteiger partial charge in [-0.05, 0) is 45.0 Å². The molecular weight excluding hydrogens is 248 g/mol. The number of phenols is 1. The van der Waals surface area contributed by atoms with Crippen LogP contribution in [0, 0.1) is 0 Å². The molecule has 0 unspecified atom stereocenters. The molecule has 2 amide bonds. The van der Waals surface area contributed by atoms with E-state index >= 15 is 0 Å². The van der Waals surface area contributed by atoms with Crippen LogP contribution in [0.25, 0.3) is 0 Å². The molecule has 0 saturated heterocycles. The zero-order valence-corrected chi connectivity index (χ0v) is 11.2. The summed E-state index contributed by atoms with van der Waals surface area (Å²) < 4.78 is 0. The summed E-state index contributed by atoms with van der Waals surface area (Å²) in [6.45, 7) is 4.97. The van der Waals surface area contributed by atoms with Crippen LogP contribution >= 0.6 is 0 Å². The van der Waals surface area contributed by atoms with Gasteiger partial charge in [0.05, 0.1) is 0 Å². The van der Waals surface area contributed by atoms with E-state index in [0.29, 0.717) is 5.69 Å². The maximum absolute atomic E-state index is 12.1. The lowest BCUT2D eigenvalue weighted by molar-refractivity contribution is -0.135. The predicted molar refractivity (Wildman–Crippen MR) is 71.4 cm³/mol. The number of nitrogens with zero attached hydrogens (tertiary/aromatic N) is 1. The van der Waals surface area contributed by atoms with Crippen LogP contribution in [-0.2, 0) is 4.79 Å². The van der Waals surface area contributed by atoms with Gasteiger partial charge in [0, 0.05) is 11.2 Å². The molecule has 3 N–H and O–H groups in total. The summed E-state index contributed by atoms with van der Waals surface area (Å²) in [5, 5.41) is 20.8. The van der Waals surface area contributed by atoms with E-state index in [2.05, 4.69) is 5.32 Å². The van der Waals surface area contributed by atoms with E-state index in [-0.39, 0.29) is 5.75 Å². The van der Waals surface area contributed by atoms with Gasteiger partial charge in [0.25, 0.3) is 0 Å². The Kier molecular flexibility index (Phi) is 4.37. The fourth-order valence-corrected chi connectivity index (χ4v) is 1.44. The van der Waals surface area contributed by atoms with Crippen molar-refractivity contribution in [1.29, 1.82) is 0 Å². The zero-order chi connectivity index (χ0) is 14.6. The number of aromatic hydroxyl groups is 1. The number of anilines is 1. The molecule has 0 aromatic heterocycles. The molecule has 0 aliphatic carbocycles. The summed E-state index contributed by atoms with van der Waals surface area (Å²) in [6, 6.07) is 5.27. The fraction of sp³-hybridized carbons (Fsp3) is 0.385. The maximum Gasteiger partial charge on any atom is 0.323 e. The van der Waals surface area contributed by atoms with E-state index in [0.717, 1.165) is 4.90 Å². The van der Waals surface area contributed by atoms with Crippen molar-refractivity contribution in [1.82, 2.24) is 5.32 Å². The van der Waals surface area contributed by atoms with Crippen LogP contribution in [0.4, 0.5) is 10.5 Å². The number of amides is 2. The number of hydrogen-bond donors (Lipinski definition) is 3. The van der Waals surface area contributed by atoms with Crippen LogP contribution < -0.4 is 10.2 Å². The minimum Gasteiger partial charge on any atom is -0.508 e. The van der Waals surface area contributed by atoms with E-state index in [4.69, 9.17) is 5.11 Å². The number of benzene rings is 1. The monoisotopic (exact) mass is 266 g/mol. The van der Waals surface area contributed by atoms with Gasteiger partial charge < -0.3 is 15.5 Å². The van der Waals surface area contributed by atoms with Crippen molar-refractivity contribution >= 4 is 17.7 Å². The first-order valence-electron chi connectivity index (χ1n) is 5.79. The number of carbonyl (C=O) groups is 2. The Labute approximate surface area is 111 Å². The Balaban J connectivity index is 2.97. The second-order valence-electron chi connectivity index (χ2n) is 5.18. The highest BCUT2D eigenvalue weighted by Gasteiger charge is 2.22. The van der Waals surface area contributed by atoms with Crippen LogP contribution in [-0.4, -0.2) is 34.3 Å². The molecule has 1 aromatic rings. The predicted octanol–water partition coefficient (Wildman–Crippen LogP) is 1.79. The number of urea groups is 1. The van der Waals surface area contributed by atoms with E-state index < -0.39 is 24.1 Å². The number of carbonyl (C=O) groups excluding carboxylic acids is 1. The lowest BCUT2D eigenvalue weighted by Gasteiger charge is -2.27. The first-order chi connectivity index (χ1) is 8.69. The fourth-order valence-electron chi connectivity index (χ4n) is 1.44. The van der Waals surface area contributed by atoms with Gasteiger partial charge in [-0.3, -0.25) is 9.69 Å². The third kappa shape index (κ3) is 4.87. The van der Waals surface area contributed by atoms with E-state index in [9.17, 15) is 14.7 Å². The number of hydrogen-bond acceptors (Lipinski definition) is 3. The van der Waals surface area contributed by atoms with Gasteiger partial charge >= 0.3 is 12.0 Å². The molecule has 0 atom stereocenters. The number of carboxylic acid groups (broad SMARTS) is 1. The molecule has 1 aromatic carbocycles. The molecule has 0 spiro atoms. The standard InChI is InChI=1S/C13H18N2O4/c1-13(2,3)14-12(19)15(8-11(17)18)9-4-6-10(16)7-5-9/h4-7,16H,8H2,1-3H3,(H,14,19)(H,17,18). The first-order valence-corrected chi connectivity index (χ1v) is 5.79. The van der Waals surface area contributed by atoms with Gasteiger partial charge in [0.1, 0.15) is 12.3 Å². The lowest BCUT2D eigenvalue weighted by atomic mass is 10.1. The molecule has 0 saturated carbocycles. The largest absolute Gasteiger partial charge is 0.508 e. The van der Waals surface area contributed by atoms with Crippen LogP contribution in [0.3, 0.4) is 0 Å². The van der Waals surface area contributed by atoms with Gasteiger partial charge in [0.15, 0.2) is 0 Å². The highest BCUT2D eigenvalue weighted by molar-refractivity contribution is 5.96. The van der Waals surface area contributed by atoms with E-state index in [1.165, 1.54) is 24.3 Å². The summed E-state index contributed by atoms with van der Waals surface area (Å²) >= 11 is 0. The molecule has 0 radical (unpaired) electrons. The minimum atomic E-state index is -1.11. The van der Waals surface area contributed by atoms with Crippen molar-refractivity contribution in [3.8, 4) is 5.75 Å². The molecule has 0 bridgehead atoms. The topological polar surface area (TPSA) is 89.9 Å². The van der Waals surface area contributed by atoms with E-state index in [1.807, 2.05) is 0 Å². The van der Waals surface area contributed by atoms with Crippen molar-refractivity contribution in [2.24, 2.45) is 0 Å². The molecule has 1 rings (SSSR count). The molecule has 0 aliphatic rings. The summed E-state index contributed by atoms with van der Waals surface area (Å²) in [6.07, 6.45) is 0. The second-order valence-corrected chi connectivity index (χ2v) is 5.18. The number of nitrogens with one attached hydrogen (secondary N) is 1. The highest BCUT2D eigenvalue weighted by atomic mass is 16.4. The van der Waals surface area contributed by atoms with Crippen molar-refractivity contribution in [2.75, 3.05) is 11.4 Å². The van der Waals surface area contributed by atoms with Gasteiger partial charge in [-0.1, -0.05) is 0 Å². The van der Waals surface area contributed by atoms with E-state index in [1.54, 1.807) is 20.8 Å². The molecule has 104 valence electrons. The average molecular weight is 266 g/mol. The Morgan fingerprint density at radius 1 is 1.21 bits per heavy atom. The van der Waals surface area contributed by atoms with Crippen LogP contribution in [0.1, 0.15) is 20.8 Å². The van der Waals surface area contributed by atoms with Crippen molar-refractivity contribution < 1.29 is 19.8 Å². The minimum absolute atomic E-state index is 0.0512. The van der Waals surface area contributed by atoms with Crippen molar-refractivity contribution in [2.45, 2.75) is 26.3 Å². The SMILES string of the molecule is CC(C)(C)NC(=O)N(CC(=O)O)c1ccc(O)cc1. The number of rotatable bonds is 3. The van der Waals surface area contributed by atoms with Crippen LogP contribution in [0.15, 0.2) is 24.3 Å². The molecule has 6 nitrogen and oxygen atoms in total. The Morgan fingerprint density at radius 2 is 1.74 bits per heavy atom. The van der Waals surface area contributed by atoms with Crippen LogP contribution in [0.2, 0.25) is 0 Å². The molecule has 0 aliphatic heterocycles. The van der Waals surface area contributed by atoms with Gasteiger partial charge in [0.2, 0.25) is 0 Å². The van der Waals surface area contributed by atoms with Gasteiger partial charge in [-0.15, -0.1) is 0 Å². The highest BCUT2D eigenvalue weighted by Crippen LogP contribution is 2.19. The third-order valence-electron chi connectivity index (χ3n) is 2.18. The summed E-state index contributed by atoms with van der Waals surface area (Å²) in [5.74, 6) is -1.06. The third-order valence-corrected chi connectivity index (χ3v) is 2.18. The molecule has 6 heteroatoms. The lowest BCUT2D eigenvalue weighted by Crippen LogP contribution is -2.50.